The molecule has 9 heteroatoms. The van der Waals surface area contributed by atoms with Crippen molar-refractivity contribution in [2.24, 2.45) is 0 Å². The van der Waals surface area contributed by atoms with Gasteiger partial charge in [-0.3, -0.25) is 0 Å². The first kappa shape index (κ1) is 18.5. The number of rotatable bonds is 2. The highest BCUT2D eigenvalue weighted by Crippen LogP contribution is 2.34. The third-order valence-electron chi connectivity index (χ3n) is 3.05. The van der Waals surface area contributed by atoms with Crippen LogP contribution in [0.25, 0.3) is 15.4 Å². The molecule has 128 valence electrons. The second kappa shape index (κ2) is 7.39. The van der Waals surface area contributed by atoms with E-state index in [1.54, 1.807) is 18.4 Å². The van der Waals surface area contributed by atoms with Crippen molar-refractivity contribution in [3.63, 3.8) is 0 Å². The van der Waals surface area contributed by atoms with Crippen molar-refractivity contribution in [2.45, 2.75) is 13.8 Å². The number of ether oxygens (including phenoxy) is 1. The van der Waals surface area contributed by atoms with E-state index in [1.165, 1.54) is 0 Å². The van der Waals surface area contributed by atoms with Gasteiger partial charge in [-0.15, -0.1) is 10.2 Å². The summed E-state index contributed by atoms with van der Waals surface area (Å²) in [6, 6.07) is 12.3. The van der Waals surface area contributed by atoms with Gasteiger partial charge in [-0.05, 0) is 28.8 Å². The lowest BCUT2D eigenvalue weighted by Gasteiger charge is -2.17. The van der Waals surface area contributed by atoms with E-state index in [4.69, 9.17) is 23.4 Å². The van der Waals surface area contributed by atoms with Crippen LogP contribution in [0.2, 0.25) is 0 Å². The third-order valence-corrected chi connectivity index (χ3v) is 4.12. The topological polar surface area (TPSA) is 118 Å². The van der Waals surface area contributed by atoms with Crippen LogP contribution < -0.4 is 27.8 Å². The summed E-state index contributed by atoms with van der Waals surface area (Å²) in [6.07, 6.45) is 0. The molecule has 0 fully saturated rings. The van der Waals surface area contributed by atoms with E-state index in [0.717, 1.165) is 32.7 Å². The fourth-order valence-electron chi connectivity index (χ4n) is 2.26. The van der Waals surface area contributed by atoms with E-state index in [9.17, 15) is 0 Å². The summed E-state index contributed by atoms with van der Waals surface area (Å²) in [5.74, 6) is 0.858. The van der Waals surface area contributed by atoms with Crippen LogP contribution in [0, 0.1) is 24.1 Å². The lowest BCUT2D eigenvalue weighted by Crippen LogP contribution is -2.68. The van der Waals surface area contributed by atoms with Gasteiger partial charge in [0.2, 0.25) is 0 Å². The molecule has 0 unspecified atom stereocenters. The summed E-state index contributed by atoms with van der Waals surface area (Å²) in [5, 5.41) is 0. The summed E-state index contributed by atoms with van der Waals surface area (Å²) >= 11 is 1.66. The maximum Gasteiger partial charge on any atom is 0.391 e. The molecule has 0 saturated carbocycles. The Labute approximate surface area is 144 Å². The van der Waals surface area contributed by atoms with Gasteiger partial charge in [0, 0.05) is 13.0 Å². The molecule has 0 bridgehead atoms. The van der Waals surface area contributed by atoms with Crippen molar-refractivity contribution in [3.8, 4) is 16.3 Å². The van der Waals surface area contributed by atoms with E-state index in [-0.39, 0.29) is 0 Å². The lowest BCUT2D eigenvalue weighted by atomic mass is 10.2. The molecule has 0 atom stereocenters. The van der Waals surface area contributed by atoms with Crippen molar-refractivity contribution >= 4 is 16.3 Å². The molecule has 7 nitrogen and oxygen atoms in total. The van der Waals surface area contributed by atoms with Gasteiger partial charge in [-0.2, -0.15) is 4.40 Å². The molecule has 0 radical (unpaired) electrons. The minimum Gasteiger partial charge on any atom is -0.464 e. The second-order valence-corrected chi connectivity index (χ2v) is 6.57. The van der Waals surface area contributed by atoms with Crippen LogP contribution in [0.1, 0.15) is 11.4 Å². The summed E-state index contributed by atoms with van der Waals surface area (Å²) in [5.41, 5.74) is 3.32. The predicted molar refractivity (Wildman–Crippen MR) is 76.7 cm³/mol. The molecule has 0 amide bonds. The second-order valence-electron chi connectivity index (χ2n) is 4.84. The first-order valence-electron chi connectivity index (χ1n) is 6.74. The number of halogens is 1. The zero-order valence-electron chi connectivity index (χ0n) is 13.2. The Morgan fingerprint density at radius 3 is 2.21 bits per heavy atom. The van der Waals surface area contributed by atoms with E-state index >= 15 is 0 Å². The number of thiazole rings is 1. The first-order valence-corrected chi connectivity index (χ1v) is 8.79. The molecular weight excluding hydrogens is 356 g/mol. The molecule has 0 saturated heterocycles. The number of aromatic nitrogens is 2. The van der Waals surface area contributed by atoms with E-state index in [0.29, 0.717) is 0 Å². The Hall–Kier alpha value is -1.81. The summed E-state index contributed by atoms with van der Waals surface area (Å²) in [7, 11) is -3.24. The molecule has 0 aliphatic rings. The van der Waals surface area contributed by atoms with Gasteiger partial charge >= 0.3 is 10.8 Å². The highest BCUT2D eigenvalue weighted by Gasteiger charge is 2.24. The average molecular weight is 371 g/mol. The fraction of sp³-hybridized carbons (Fsp3) is 0.200. The number of fused-ring (bicyclic) bond motifs is 1. The van der Waals surface area contributed by atoms with E-state index < -0.39 is 10.2 Å². The van der Waals surface area contributed by atoms with Crippen LogP contribution in [-0.2, 0) is 0 Å². The van der Waals surface area contributed by atoms with E-state index in [1.807, 2.05) is 25.1 Å². The van der Waals surface area contributed by atoms with Gasteiger partial charge in [0.05, 0.1) is 7.11 Å². The summed E-state index contributed by atoms with van der Waals surface area (Å²) in [6.45, 7) is 4.09. The number of hydrogen-bond acceptors (Lipinski definition) is 7. The molecule has 3 rings (SSSR count). The van der Waals surface area contributed by atoms with Gasteiger partial charge in [0.25, 0.3) is 0 Å². The number of nitrogens with zero attached hydrogens (tertiary/aromatic N) is 2. The molecule has 2 aromatic heterocycles. The van der Waals surface area contributed by atoms with Crippen molar-refractivity contribution in [1.29, 1.82) is 0 Å². The molecule has 1 aromatic carbocycles. The standard InChI is InChI=1S/C15H15N2OS.ClHO4/c1-10-9-11(2)17-14(18-3)13(19-15(17)16-10)12-7-5-4-6-8-12;2-1(3,4)5/h4-9H,1-3H3;(H,2,3,4,5)/q+1;/p-1. The van der Waals surface area contributed by atoms with Gasteiger partial charge in [-0.25, -0.2) is 18.6 Å². The van der Waals surface area contributed by atoms with Crippen LogP contribution in [-0.4, -0.2) is 12.1 Å². The lowest BCUT2D eigenvalue weighted by molar-refractivity contribution is -2.00. The van der Waals surface area contributed by atoms with Gasteiger partial charge in [0.1, 0.15) is 10.6 Å². The summed E-state index contributed by atoms with van der Waals surface area (Å²) in [4.78, 5) is 6.67. The molecule has 0 aliphatic heterocycles. The van der Waals surface area contributed by atoms with Crippen LogP contribution in [0.4, 0.5) is 0 Å². The smallest absolute Gasteiger partial charge is 0.391 e. The Morgan fingerprint density at radius 1 is 1.08 bits per heavy atom. The zero-order valence-corrected chi connectivity index (χ0v) is 14.8. The SMILES string of the molecule is COc1c(-c2ccccc2)sc2nc(C)cc(C)[n+]12.[O-][Cl+3]([O-])([O-])[O-]. The Kier molecular flexibility index (Phi) is 5.70. The number of hydrogen-bond donors (Lipinski definition) is 0. The minimum atomic E-state index is -4.94. The average Bonchev–Trinajstić information content (AvgIpc) is 2.85. The molecule has 24 heavy (non-hydrogen) atoms. The zero-order chi connectivity index (χ0) is 17.9. The molecular formula is C15H15ClN2O5S. The van der Waals surface area contributed by atoms with Crippen molar-refractivity contribution < 1.29 is 38.0 Å². The third kappa shape index (κ3) is 4.60. The van der Waals surface area contributed by atoms with Crippen molar-refractivity contribution in [1.82, 2.24) is 4.98 Å². The first-order chi connectivity index (χ1) is 11.2. The predicted octanol–water partition coefficient (Wildman–Crippen LogP) is -1.58. The van der Waals surface area contributed by atoms with Crippen molar-refractivity contribution in [2.75, 3.05) is 7.11 Å². The highest BCUT2D eigenvalue weighted by molar-refractivity contribution is 7.20. The summed E-state index contributed by atoms with van der Waals surface area (Å²) < 4.78 is 41.6. The fourth-order valence-corrected chi connectivity index (χ4v) is 3.47. The number of aryl methyl sites for hydroxylation is 2. The molecule has 2 heterocycles. The molecule has 3 aromatic rings. The maximum absolute atomic E-state index is 8.49. The van der Waals surface area contributed by atoms with Crippen molar-refractivity contribution in [3.05, 3.63) is 47.8 Å². The number of methoxy groups -OCH3 is 1. The maximum atomic E-state index is 8.49. The van der Waals surface area contributed by atoms with Gasteiger partial charge < -0.3 is 4.74 Å². The quantitative estimate of drug-likeness (QED) is 0.502. The number of benzene rings is 1. The monoisotopic (exact) mass is 370 g/mol. The van der Waals surface area contributed by atoms with Gasteiger partial charge in [-0.1, -0.05) is 30.3 Å². The Morgan fingerprint density at radius 2 is 1.67 bits per heavy atom. The molecule has 0 spiro atoms. The van der Waals surface area contributed by atoms with Crippen LogP contribution in [0.5, 0.6) is 5.88 Å². The highest BCUT2D eigenvalue weighted by atomic mass is 35.7. The normalized spacial score (nSPS) is 11.1. The van der Waals surface area contributed by atoms with Crippen LogP contribution in [0.3, 0.4) is 0 Å². The van der Waals surface area contributed by atoms with Crippen LogP contribution in [0.15, 0.2) is 36.4 Å². The van der Waals surface area contributed by atoms with Gasteiger partial charge in [0.15, 0.2) is 5.69 Å². The Balaban J connectivity index is 0.000000368. The van der Waals surface area contributed by atoms with Crippen LogP contribution >= 0.6 is 11.3 Å². The Bertz CT molecular complexity index is 827. The minimum absolute atomic E-state index is 0.858. The molecule has 0 aliphatic carbocycles. The molecule has 0 N–H and O–H groups in total. The largest absolute Gasteiger partial charge is 0.464 e. The van der Waals surface area contributed by atoms with E-state index in [2.05, 4.69) is 34.5 Å².